The number of amides is 1. The highest BCUT2D eigenvalue weighted by atomic mass is 16.6. The molecule has 3 N–H and O–H groups in total. The topological polar surface area (TPSA) is 163 Å². The molecule has 14 nitrogen and oxygen atoms in total. The Morgan fingerprint density at radius 3 is 2.37 bits per heavy atom. The molecular weight excluding hydrogens is 863 g/mol. The van der Waals surface area contributed by atoms with Gasteiger partial charge in [-0.15, -0.1) is 0 Å². The lowest BCUT2D eigenvalue weighted by atomic mass is 9.47. The molecule has 14 heteroatoms. The van der Waals surface area contributed by atoms with Crippen LogP contribution in [-0.2, 0) is 45.8 Å². The first-order valence-electron chi connectivity index (χ1n) is 24.3. The molecular formula is C54H65N5O9. The third-order valence-electron chi connectivity index (χ3n) is 17.4. The van der Waals surface area contributed by atoms with E-state index in [-0.39, 0.29) is 17.9 Å². The van der Waals surface area contributed by atoms with Gasteiger partial charge in [0.05, 0.1) is 32.9 Å². The highest BCUT2D eigenvalue weighted by molar-refractivity contribution is 5.97. The normalized spacial score (nSPS) is 33.5. The molecule has 2 bridgehead atoms. The van der Waals surface area contributed by atoms with Crippen molar-refractivity contribution in [2.75, 3.05) is 66.0 Å². The Kier molecular flexibility index (Phi) is 11.2. The number of aliphatic hydroxyl groups is 1. The van der Waals surface area contributed by atoms with Crippen LogP contribution in [0.1, 0.15) is 91.2 Å². The highest BCUT2D eigenvalue weighted by Crippen LogP contribution is 2.68. The summed E-state index contributed by atoms with van der Waals surface area (Å²) in [7, 11) is 6.18. The summed E-state index contributed by atoms with van der Waals surface area (Å²) in [6, 6.07) is 18.6. The van der Waals surface area contributed by atoms with Gasteiger partial charge in [0.1, 0.15) is 11.2 Å². The Balaban J connectivity index is 1.22. The smallest absolute Gasteiger partial charge is 0.344 e. The van der Waals surface area contributed by atoms with Crippen LogP contribution in [0.4, 0.5) is 5.69 Å². The fraction of sp³-hybridized carbons (Fsp3) is 0.519. The molecule has 2 saturated heterocycles. The number of aromatic amines is 1. The predicted octanol–water partition coefficient (Wildman–Crippen LogP) is 5.74. The summed E-state index contributed by atoms with van der Waals surface area (Å²) in [6.07, 6.45) is 6.05. The van der Waals surface area contributed by atoms with Crippen molar-refractivity contribution in [1.82, 2.24) is 20.1 Å². The quantitative estimate of drug-likeness (QED) is 0.106. The second kappa shape index (κ2) is 16.5. The second-order valence-electron chi connectivity index (χ2n) is 20.5. The summed E-state index contributed by atoms with van der Waals surface area (Å²) in [5.41, 5.74) is 0.0438. The van der Waals surface area contributed by atoms with Crippen LogP contribution in [0.3, 0.4) is 0 Å². The number of para-hydroxylation sites is 1. The number of fused-ring (bicyclic) bond motifs is 6. The SMILES string of the molecule is CC[C@]1(NC(=O)c2ccccc2C)C[C@H]2CN(CCc3c([nH]c4ccccc34)[C@@](C(=O)OC)(c3cc4c(cc3OC)N(C)[C@H]3[C@@](O)(C(=O)OC)[C@H](OC(C)=O)[C@]5(CC)C=CCN6CC[C@]43[C@@H]65)C2)C1. The first kappa shape index (κ1) is 46.1. The number of piperidine rings is 1. The molecule has 3 aromatic carbocycles. The number of aryl methyl sites for hydroxylation is 1. The van der Waals surface area contributed by atoms with Crippen molar-refractivity contribution in [3.05, 3.63) is 106 Å². The number of benzene rings is 3. The van der Waals surface area contributed by atoms with Crippen LogP contribution >= 0.6 is 0 Å². The molecule has 1 spiro atoms. The van der Waals surface area contributed by atoms with E-state index in [4.69, 9.17) is 18.9 Å². The third-order valence-corrected chi connectivity index (χ3v) is 17.4. The lowest BCUT2D eigenvalue weighted by Gasteiger charge is -2.63. The molecule has 1 amide bonds. The van der Waals surface area contributed by atoms with Crippen LogP contribution in [0.25, 0.3) is 10.9 Å². The molecule has 6 heterocycles. The number of carbonyl (C=O) groups excluding carboxylic acids is 4. The number of methoxy groups -OCH3 is 3. The van der Waals surface area contributed by atoms with Crippen molar-refractivity contribution < 1.29 is 43.2 Å². The van der Waals surface area contributed by atoms with Crippen molar-refractivity contribution in [3.63, 3.8) is 0 Å². The first-order valence-corrected chi connectivity index (χ1v) is 24.3. The molecule has 5 aliphatic heterocycles. The Morgan fingerprint density at radius 2 is 1.66 bits per heavy atom. The van der Waals surface area contributed by atoms with E-state index >= 15 is 4.79 Å². The standard InChI is InChI=1S/C54H65N5O9/c1-9-50(56-44(61)35-17-12-11-16-32(35)3)28-34-29-53(48(62)66-7,43-37(20-24-58(30-34)31-50)36-18-13-14-19-40(36)55-43)39-26-38-41(27-42(39)65-6)57(5)46-52(38)22-25-59-23-15-21-51(10-2,45(52)59)47(68-33(4)60)54(46,64)49(63)67-8/h11-19,21,26-27,34,45-47,55,64H,9-10,20,22-25,28-31H2,1-8H3,(H,56,61)/t34-,45+,46-,47-,50+,51-,52-,53+,54+/m1/s1. The van der Waals surface area contributed by atoms with E-state index in [2.05, 4.69) is 51.3 Å². The first-order chi connectivity index (χ1) is 32.6. The Bertz CT molecular complexity index is 2750. The lowest BCUT2D eigenvalue weighted by molar-refractivity contribution is -0.228. The van der Waals surface area contributed by atoms with Crippen molar-refractivity contribution in [2.45, 2.75) is 106 Å². The van der Waals surface area contributed by atoms with Gasteiger partial charge in [0, 0.05) is 96.5 Å². The monoisotopic (exact) mass is 927 g/mol. The maximum absolute atomic E-state index is 15.7. The summed E-state index contributed by atoms with van der Waals surface area (Å²) in [6.45, 7) is 10.7. The number of likely N-dealkylation sites (N-methyl/N-ethyl adjacent to an activating group) is 1. The number of carbonyl (C=O) groups is 4. The minimum Gasteiger partial charge on any atom is -0.496 e. The summed E-state index contributed by atoms with van der Waals surface area (Å²) >= 11 is 0. The molecule has 4 aromatic rings. The Hall–Kier alpha value is -5.70. The number of H-pyrrole nitrogens is 1. The molecule has 6 aliphatic rings. The molecule has 360 valence electrons. The zero-order valence-corrected chi connectivity index (χ0v) is 40.6. The predicted molar refractivity (Wildman–Crippen MR) is 257 cm³/mol. The highest BCUT2D eigenvalue weighted by Gasteiger charge is 2.80. The van der Waals surface area contributed by atoms with E-state index in [1.54, 1.807) is 7.11 Å². The molecule has 1 unspecified atom stereocenters. The zero-order chi connectivity index (χ0) is 48.1. The number of rotatable bonds is 9. The number of anilines is 1. The van der Waals surface area contributed by atoms with Crippen molar-refractivity contribution in [2.24, 2.45) is 11.3 Å². The third kappa shape index (κ3) is 6.24. The van der Waals surface area contributed by atoms with E-state index in [1.807, 2.05) is 74.3 Å². The number of hydrogen-bond donors (Lipinski definition) is 3. The second-order valence-corrected chi connectivity index (χ2v) is 20.5. The molecule has 68 heavy (non-hydrogen) atoms. The van der Waals surface area contributed by atoms with Crippen LogP contribution in [0.2, 0.25) is 0 Å². The van der Waals surface area contributed by atoms with Crippen LogP contribution in [-0.4, -0.2) is 134 Å². The van der Waals surface area contributed by atoms with Gasteiger partial charge < -0.3 is 44.2 Å². The molecule has 1 aromatic heterocycles. The van der Waals surface area contributed by atoms with Crippen LogP contribution < -0.4 is 15.0 Å². The van der Waals surface area contributed by atoms with Gasteiger partial charge in [0.25, 0.3) is 5.91 Å². The lowest BCUT2D eigenvalue weighted by Crippen LogP contribution is -2.81. The summed E-state index contributed by atoms with van der Waals surface area (Å²) in [5, 5.41) is 18.0. The molecule has 10 rings (SSSR count). The molecule has 10 atom stereocenters. The van der Waals surface area contributed by atoms with Crippen LogP contribution in [0.5, 0.6) is 5.75 Å². The minimum absolute atomic E-state index is 0.115. The van der Waals surface area contributed by atoms with Crippen molar-refractivity contribution >= 4 is 40.4 Å². The van der Waals surface area contributed by atoms with Gasteiger partial charge >= 0.3 is 17.9 Å². The number of ether oxygens (including phenoxy) is 4. The van der Waals surface area contributed by atoms with Gasteiger partial charge in [-0.25, -0.2) is 4.79 Å². The van der Waals surface area contributed by atoms with E-state index in [1.165, 1.54) is 21.1 Å². The average Bonchev–Trinajstić information content (AvgIpc) is 4.00. The van der Waals surface area contributed by atoms with E-state index in [9.17, 15) is 19.5 Å². The maximum atomic E-state index is 15.7. The summed E-state index contributed by atoms with van der Waals surface area (Å²) in [5.74, 6) is -1.73. The van der Waals surface area contributed by atoms with Gasteiger partial charge in [-0.05, 0) is 92.8 Å². The molecule has 1 aliphatic carbocycles. The average molecular weight is 928 g/mol. The van der Waals surface area contributed by atoms with Gasteiger partial charge in [0.2, 0.25) is 5.60 Å². The molecule has 1 saturated carbocycles. The zero-order valence-electron chi connectivity index (χ0n) is 40.6. The Morgan fingerprint density at radius 1 is 0.912 bits per heavy atom. The fourth-order valence-corrected chi connectivity index (χ4v) is 14.8. The number of aromatic nitrogens is 1. The largest absolute Gasteiger partial charge is 0.496 e. The van der Waals surface area contributed by atoms with Crippen molar-refractivity contribution in [1.29, 1.82) is 0 Å². The van der Waals surface area contributed by atoms with E-state index in [0.717, 1.165) is 39.0 Å². The fourth-order valence-electron chi connectivity index (χ4n) is 14.8. The number of esters is 3. The van der Waals surface area contributed by atoms with Crippen LogP contribution in [0, 0.1) is 18.3 Å². The van der Waals surface area contributed by atoms with Gasteiger partial charge in [-0.3, -0.25) is 19.3 Å². The van der Waals surface area contributed by atoms with Crippen LogP contribution in [0.15, 0.2) is 72.8 Å². The number of hydrogen-bond acceptors (Lipinski definition) is 12. The van der Waals surface area contributed by atoms with Crippen molar-refractivity contribution in [3.8, 4) is 5.75 Å². The number of nitrogens with one attached hydrogen (secondary N) is 2. The molecule has 0 radical (unpaired) electrons. The Labute approximate surface area is 398 Å². The summed E-state index contributed by atoms with van der Waals surface area (Å²) < 4.78 is 24.3. The number of nitrogens with zero attached hydrogens (tertiary/aromatic N) is 3. The molecule has 3 fully saturated rings. The van der Waals surface area contributed by atoms with Gasteiger partial charge in [0.15, 0.2) is 6.10 Å². The maximum Gasteiger partial charge on any atom is 0.344 e. The summed E-state index contributed by atoms with van der Waals surface area (Å²) in [4.78, 5) is 68.2. The van der Waals surface area contributed by atoms with Gasteiger partial charge in [-0.1, -0.05) is 62.4 Å². The van der Waals surface area contributed by atoms with E-state index < -0.39 is 57.4 Å². The minimum atomic E-state index is -2.33. The van der Waals surface area contributed by atoms with E-state index in [0.29, 0.717) is 88.1 Å². The van der Waals surface area contributed by atoms with Gasteiger partial charge in [-0.2, -0.15) is 0 Å².